The maximum atomic E-state index is 12.8. The summed E-state index contributed by atoms with van der Waals surface area (Å²) in [5, 5.41) is 0. The van der Waals surface area contributed by atoms with Gasteiger partial charge in [0.25, 0.3) is 5.91 Å². The minimum Gasteiger partial charge on any atom is -0.335 e. The number of benzene rings is 1. The number of carbonyl (C=O) groups excluding carboxylic acids is 2. The van der Waals surface area contributed by atoms with E-state index in [2.05, 4.69) is 0 Å². The largest absolute Gasteiger partial charge is 0.335 e. The molecule has 3 rings (SSSR count). The van der Waals surface area contributed by atoms with Crippen molar-refractivity contribution in [1.29, 1.82) is 0 Å². The number of piperazine rings is 1. The van der Waals surface area contributed by atoms with Crippen LogP contribution in [0.2, 0.25) is 0 Å². The fourth-order valence-corrected chi connectivity index (χ4v) is 5.54. The van der Waals surface area contributed by atoms with E-state index < -0.39 is 21.9 Å². The molecular formula is C17H22N2O4S. The Balaban J connectivity index is 1.90. The molecule has 6 nitrogen and oxygen atoms in total. The molecule has 0 N–H and O–H groups in total. The first-order valence-corrected chi connectivity index (χ1v) is 9.99. The van der Waals surface area contributed by atoms with Gasteiger partial charge in [-0.15, -0.1) is 0 Å². The van der Waals surface area contributed by atoms with Crippen molar-refractivity contribution in [1.82, 2.24) is 9.80 Å². The van der Waals surface area contributed by atoms with Crippen LogP contribution in [0.1, 0.15) is 24.2 Å². The number of sulfone groups is 1. The molecule has 0 aromatic heterocycles. The van der Waals surface area contributed by atoms with Crippen LogP contribution in [-0.4, -0.2) is 66.7 Å². The molecule has 0 radical (unpaired) electrons. The first-order chi connectivity index (χ1) is 11.3. The van der Waals surface area contributed by atoms with Gasteiger partial charge < -0.3 is 9.80 Å². The van der Waals surface area contributed by atoms with Crippen LogP contribution in [0.3, 0.4) is 0 Å². The second-order valence-corrected chi connectivity index (χ2v) is 8.92. The molecule has 2 aliphatic heterocycles. The molecule has 1 aromatic carbocycles. The van der Waals surface area contributed by atoms with Gasteiger partial charge in [-0.05, 0) is 12.1 Å². The summed E-state index contributed by atoms with van der Waals surface area (Å²) in [7, 11) is -3.26. The van der Waals surface area contributed by atoms with Crippen molar-refractivity contribution in [2.24, 2.45) is 5.92 Å². The molecule has 2 saturated heterocycles. The number of nitrogens with zero attached hydrogens (tertiary/aromatic N) is 2. The number of carbonyl (C=O) groups is 2. The third kappa shape index (κ3) is 3.05. The zero-order valence-electron chi connectivity index (χ0n) is 13.9. The molecule has 24 heavy (non-hydrogen) atoms. The van der Waals surface area contributed by atoms with Crippen LogP contribution in [0.25, 0.3) is 0 Å². The lowest BCUT2D eigenvalue weighted by Gasteiger charge is -2.44. The molecule has 2 atom stereocenters. The van der Waals surface area contributed by atoms with E-state index in [0.717, 1.165) is 0 Å². The summed E-state index contributed by atoms with van der Waals surface area (Å²) in [4.78, 5) is 28.5. The second kappa shape index (κ2) is 6.20. The van der Waals surface area contributed by atoms with Gasteiger partial charge in [-0.3, -0.25) is 9.59 Å². The van der Waals surface area contributed by atoms with Crippen molar-refractivity contribution in [3.05, 3.63) is 35.9 Å². The minimum atomic E-state index is -3.26. The van der Waals surface area contributed by atoms with Crippen molar-refractivity contribution >= 4 is 21.7 Å². The fourth-order valence-electron chi connectivity index (χ4n) is 3.56. The molecule has 1 aromatic rings. The van der Waals surface area contributed by atoms with Crippen molar-refractivity contribution in [2.75, 3.05) is 24.6 Å². The van der Waals surface area contributed by atoms with Crippen molar-refractivity contribution in [3.8, 4) is 0 Å². The van der Waals surface area contributed by atoms with Gasteiger partial charge in [0.1, 0.15) is 0 Å². The summed E-state index contributed by atoms with van der Waals surface area (Å²) in [5.74, 6) is -0.536. The molecule has 2 amide bonds. The first-order valence-electron chi connectivity index (χ1n) is 8.17. The van der Waals surface area contributed by atoms with Crippen LogP contribution < -0.4 is 0 Å². The molecular weight excluding hydrogens is 328 g/mol. The number of amides is 2. The monoisotopic (exact) mass is 350 g/mol. The summed E-state index contributed by atoms with van der Waals surface area (Å²) in [6.07, 6.45) is 0. The maximum absolute atomic E-state index is 12.8. The number of hydrogen-bond donors (Lipinski definition) is 0. The van der Waals surface area contributed by atoms with Gasteiger partial charge in [0.05, 0.1) is 23.6 Å². The van der Waals surface area contributed by atoms with Gasteiger partial charge in [-0.25, -0.2) is 8.42 Å². The Morgan fingerprint density at radius 1 is 1.00 bits per heavy atom. The Labute approximate surface area is 142 Å². The summed E-state index contributed by atoms with van der Waals surface area (Å²) in [6.45, 7) is 4.36. The summed E-state index contributed by atoms with van der Waals surface area (Å²) < 4.78 is 24.3. The first kappa shape index (κ1) is 17.0. The third-order valence-corrected chi connectivity index (χ3v) is 6.43. The van der Waals surface area contributed by atoms with E-state index >= 15 is 0 Å². The normalized spacial score (nSPS) is 25.6. The lowest BCUT2D eigenvalue weighted by Crippen LogP contribution is -2.62. The smallest absolute Gasteiger partial charge is 0.254 e. The second-order valence-electron chi connectivity index (χ2n) is 6.76. The molecule has 7 heteroatoms. The van der Waals surface area contributed by atoms with E-state index in [9.17, 15) is 18.0 Å². The third-order valence-electron chi connectivity index (χ3n) is 4.73. The summed E-state index contributed by atoms with van der Waals surface area (Å²) in [5.41, 5.74) is 0.546. The molecule has 0 spiro atoms. The molecule has 0 saturated carbocycles. The highest BCUT2D eigenvalue weighted by atomic mass is 32.2. The van der Waals surface area contributed by atoms with E-state index in [1.807, 2.05) is 19.9 Å². The predicted octanol–water partition coefficient (Wildman–Crippen LogP) is 0.793. The van der Waals surface area contributed by atoms with Crippen LogP contribution in [0, 0.1) is 5.92 Å². The van der Waals surface area contributed by atoms with Gasteiger partial charge >= 0.3 is 0 Å². The average Bonchev–Trinajstić information content (AvgIpc) is 2.88. The van der Waals surface area contributed by atoms with E-state index in [-0.39, 0.29) is 29.2 Å². The van der Waals surface area contributed by atoms with Crippen LogP contribution in [0.5, 0.6) is 0 Å². The van der Waals surface area contributed by atoms with E-state index in [4.69, 9.17) is 0 Å². The van der Waals surface area contributed by atoms with Crippen molar-refractivity contribution in [2.45, 2.75) is 25.9 Å². The Hall–Kier alpha value is -1.89. The highest BCUT2D eigenvalue weighted by molar-refractivity contribution is 7.91. The van der Waals surface area contributed by atoms with Crippen molar-refractivity contribution < 1.29 is 18.0 Å². The highest BCUT2D eigenvalue weighted by Crippen LogP contribution is 2.29. The standard InChI is InChI=1S/C17H22N2O4S/c1-12(2)16(20)18-8-9-19(15-11-24(22,23)10-14(15)18)17(21)13-6-4-3-5-7-13/h3-7,12,14-15H,8-11H2,1-2H3. The maximum Gasteiger partial charge on any atom is 0.254 e. The van der Waals surface area contributed by atoms with E-state index in [1.54, 1.807) is 34.1 Å². The lowest BCUT2D eigenvalue weighted by atomic mass is 10.0. The molecule has 2 unspecified atom stereocenters. The molecule has 130 valence electrons. The number of hydrogen-bond acceptors (Lipinski definition) is 4. The Morgan fingerprint density at radius 2 is 1.54 bits per heavy atom. The van der Waals surface area contributed by atoms with Gasteiger partial charge in [0.15, 0.2) is 9.84 Å². The predicted molar refractivity (Wildman–Crippen MR) is 90.3 cm³/mol. The lowest BCUT2D eigenvalue weighted by molar-refractivity contribution is -0.139. The van der Waals surface area contributed by atoms with Crippen LogP contribution in [0.4, 0.5) is 0 Å². The van der Waals surface area contributed by atoms with Gasteiger partial charge in [0, 0.05) is 24.6 Å². The Bertz CT molecular complexity index is 745. The molecule has 2 aliphatic rings. The topological polar surface area (TPSA) is 74.8 Å². The fraction of sp³-hybridized carbons (Fsp3) is 0.529. The van der Waals surface area contributed by atoms with Crippen LogP contribution in [-0.2, 0) is 14.6 Å². The highest BCUT2D eigenvalue weighted by Gasteiger charge is 2.49. The van der Waals surface area contributed by atoms with Gasteiger partial charge in [-0.1, -0.05) is 32.0 Å². The van der Waals surface area contributed by atoms with E-state index in [1.165, 1.54) is 0 Å². The summed E-state index contributed by atoms with van der Waals surface area (Å²) in [6, 6.07) is 7.96. The molecule has 0 bridgehead atoms. The van der Waals surface area contributed by atoms with E-state index in [0.29, 0.717) is 18.7 Å². The van der Waals surface area contributed by atoms with Crippen molar-refractivity contribution in [3.63, 3.8) is 0 Å². The van der Waals surface area contributed by atoms with Gasteiger partial charge in [0.2, 0.25) is 5.91 Å². The van der Waals surface area contributed by atoms with Crippen LogP contribution in [0.15, 0.2) is 30.3 Å². The summed E-state index contributed by atoms with van der Waals surface area (Å²) >= 11 is 0. The molecule has 2 fully saturated rings. The SMILES string of the molecule is CC(C)C(=O)N1CCN(C(=O)c2ccccc2)C2CS(=O)(=O)CC21. The zero-order valence-corrected chi connectivity index (χ0v) is 14.7. The number of rotatable bonds is 2. The van der Waals surface area contributed by atoms with Gasteiger partial charge in [-0.2, -0.15) is 0 Å². The quantitative estimate of drug-likeness (QED) is 0.790. The molecule has 0 aliphatic carbocycles. The molecule has 2 heterocycles. The number of fused-ring (bicyclic) bond motifs is 1. The Kier molecular flexibility index (Phi) is 4.38. The Morgan fingerprint density at radius 3 is 2.12 bits per heavy atom. The average molecular weight is 350 g/mol. The van der Waals surface area contributed by atoms with Crippen LogP contribution >= 0.6 is 0 Å². The minimum absolute atomic E-state index is 0.0473. The zero-order chi connectivity index (χ0) is 17.5.